The van der Waals surface area contributed by atoms with Crippen molar-refractivity contribution in [2.24, 2.45) is 0 Å². The molecule has 0 saturated heterocycles. The molecule has 0 spiro atoms. The summed E-state index contributed by atoms with van der Waals surface area (Å²) < 4.78 is 0. The summed E-state index contributed by atoms with van der Waals surface area (Å²) in [7, 11) is 0. The van der Waals surface area contributed by atoms with E-state index >= 15 is 0 Å². The van der Waals surface area contributed by atoms with Crippen LogP contribution in [0.1, 0.15) is 24.3 Å². The number of carbonyl (C=O) groups excluding carboxylic acids is 3. The molecule has 2 aromatic rings. The summed E-state index contributed by atoms with van der Waals surface area (Å²) in [6.07, 6.45) is 0. The summed E-state index contributed by atoms with van der Waals surface area (Å²) in [5.41, 5.74) is 5.35. The molecule has 0 atom stereocenters. The van der Waals surface area contributed by atoms with Crippen LogP contribution in [0.3, 0.4) is 0 Å². The Hall–Kier alpha value is -2.83. The molecular weight excluding hydrogens is 272 g/mol. The quantitative estimate of drug-likeness (QED) is 0.476. The van der Waals surface area contributed by atoms with E-state index in [2.05, 4.69) is 21.2 Å². The van der Waals surface area contributed by atoms with E-state index in [0.717, 1.165) is 10.9 Å². The average molecular weight is 288 g/mol. The zero-order valence-electron chi connectivity index (χ0n) is 11.7. The lowest BCUT2D eigenvalue weighted by Gasteiger charge is -2.09. The number of hydrogen-bond acceptors (Lipinski definition) is 3. The van der Waals surface area contributed by atoms with E-state index in [4.69, 9.17) is 0 Å². The smallest absolute Gasteiger partial charge is 0.327 e. The Bertz CT molecular complexity index is 657. The van der Waals surface area contributed by atoms with E-state index < -0.39 is 17.7 Å². The van der Waals surface area contributed by atoms with Crippen LogP contribution in [0.5, 0.6) is 0 Å². The number of H-pyrrole nitrogens is 1. The van der Waals surface area contributed by atoms with Gasteiger partial charge in [0.05, 0.1) is 0 Å². The van der Waals surface area contributed by atoms with Crippen molar-refractivity contribution in [1.82, 2.24) is 21.2 Å². The first-order valence-corrected chi connectivity index (χ1v) is 6.46. The molecule has 110 valence electrons. The highest BCUT2D eigenvalue weighted by atomic mass is 16.2. The second-order valence-electron chi connectivity index (χ2n) is 4.81. The highest BCUT2D eigenvalue weighted by Crippen LogP contribution is 2.14. The maximum Gasteiger partial charge on any atom is 0.327 e. The molecule has 0 aliphatic rings. The van der Waals surface area contributed by atoms with Crippen LogP contribution in [0.2, 0.25) is 0 Å². The minimum Gasteiger partial charge on any atom is -0.350 e. The van der Waals surface area contributed by atoms with Gasteiger partial charge in [0, 0.05) is 16.9 Å². The van der Waals surface area contributed by atoms with Crippen molar-refractivity contribution < 1.29 is 14.4 Å². The van der Waals surface area contributed by atoms with E-state index in [0.29, 0.717) is 5.69 Å². The average Bonchev–Trinajstić information content (AvgIpc) is 2.87. The molecule has 7 heteroatoms. The SMILES string of the molecule is CC(C)NC(=O)C(=O)NNC(=O)c1cc2ccccc2[nH]1. The third-order valence-electron chi connectivity index (χ3n) is 2.69. The molecule has 0 saturated carbocycles. The van der Waals surface area contributed by atoms with Crippen LogP contribution in [-0.4, -0.2) is 28.7 Å². The van der Waals surface area contributed by atoms with E-state index in [-0.39, 0.29) is 6.04 Å². The van der Waals surface area contributed by atoms with Gasteiger partial charge < -0.3 is 10.3 Å². The standard InChI is InChI=1S/C14H16N4O3/c1-8(2)15-13(20)14(21)18-17-12(19)11-7-9-5-3-4-6-10(9)16-11/h3-8,16H,1-2H3,(H,15,20)(H,17,19)(H,18,21). The van der Waals surface area contributed by atoms with Crippen LogP contribution in [0.4, 0.5) is 0 Å². The highest BCUT2D eigenvalue weighted by Gasteiger charge is 2.16. The molecule has 0 bridgehead atoms. The van der Waals surface area contributed by atoms with E-state index in [9.17, 15) is 14.4 Å². The van der Waals surface area contributed by atoms with Crippen LogP contribution < -0.4 is 16.2 Å². The molecule has 1 heterocycles. The first kappa shape index (κ1) is 14.6. The Morgan fingerprint density at radius 1 is 1.05 bits per heavy atom. The molecule has 0 aliphatic carbocycles. The largest absolute Gasteiger partial charge is 0.350 e. The number of rotatable bonds is 2. The lowest BCUT2D eigenvalue weighted by molar-refractivity contribution is -0.139. The fraction of sp³-hybridized carbons (Fsp3) is 0.214. The zero-order chi connectivity index (χ0) is 15.4. The zero-order valence-corrected chi connectivity index (χ0v) is 11.7. The van der Waals surface area contributed by atoms with Crippen molar-refractivity contribution in [3.8, 4) is 0 Å². The highest BCUT2D eigenvalue weighted by molar-refractivity contribution is 6.35. The van der Waals surface area contributed by atoms with Gasteiger partial charge in [0.1, 0.15) is 5.69 Å². The van der Waals surface area contributed by atoms with Crippen molar-refractivity contribution in [3.05, 3.63) is 36.0 Å². The number of aromatic nitrogens is 1. The molecule has 0 radical (unpaired) electrons. The van der Waals surface area contributed by atoms with Crippen LogP contribution in [-0.2, 0) is 9.59 Å². The third-order valence-corrected chi connectivity index (χ3v) is 2.69. The van der Waals surface area contributed by atoms with Gasteiger partial charge in [-0.05, 0) is 26.0 Å². The maximum atomic E-state index is 11.9. The van der Waals surface area contributed by atoms with E-state index in [1.54, 1.807) is 19.9 Å². The van der Waals surface area contributed by atoms with Gasteiger partial charge in [-0.15, -0.1) is 0 Å². The number of nitrogens with one attached hydrogen (secondary N) is 4. The second kappa shape index (κ2) is 6.08. The molecule has 7 nitrogen and oxygen atoms in total. The van der Waals surface area contributed by atoms with Crippen molar-refractivity contribution in [3.63, 3.8) is 0 Å². The van der Waals surface area contributed by atoms with Gasteiger partial charge in [0.15, 0.2) is 0 Å². The number of carbonyl (C=O) groups is 3. The summed E-state index contributed by atoms with van der Waals surface area (Å²) in [6, 6.07) is 8.89. The predicted molar refractivity (Wildman–Crippen MR) is 77.2 cm³/mol. The predicted octanol–water partition coefficient (Wildman–Crippen LogP) is 0.453. The number of aromatic amines is 1. The van der Waals surface area contributed by atoms with Crippen LogP contribution in [0, 0.1) is 0 Å². The molecule has 0 aliphatic heterocycles. The van der Waals surface area contributed by atoms with Gasteiger partial charge in [-0.3, -0.25) is 25.2 Å². The lowest BCUT2D eigenvalue weighted by atomic mass is 10.2. The van der Waals surface area contributed by atoms with Gasteiger partial charge >= 0.3 is 11.8 Å². The number of amides is 3. The summed E-state index contributed by atoms with van der Waals surface area (Å²) in [4.78, 5) is 37.6. The van der Waals surface area contributed by atoms with Crippen molar-refractivity contribution in [2.75, 3.05) is 0 Å². The molecule has 1 aromatic carbocycles. The van der Waals surface area contributed by atoms with Gasteiger partial charge in [0.2, 0.25) is 0 Å². The molecule has 21 heavy (non-hydrogen) atoms. The Morgan fingerprint density at radius 2 is 1.76 bits per heavy atom. The summed E-state index contributed by atoms with van der Waals surface area (Å²) in [6.45, 7) is 3.46. The van der Waals surface area contributed by atoms with Gasteiger partial charge in [-0.2, -0.15) is 0 Å². The molecule has 2 rings (SSSR count). The monoisotopic (exact) mass is 288 g/mol. The summed E-state index contributed by atoms with van der Waals surface area (Å²) in [5, 5.41) is 3.30. The Kier molecular flexibility index (Phi) is 4.22. The Morgan fingerprint density at radius 3 is 2.43 bits per heavy atom. The summed E-state index contributed by atoms with van der Waals surface area (Å²) >= 11 is 0. The molecule has 1 aromatic heterocycles. The maximum absolute atomic E-state index is 11.9. The second-order valence-corrected chi connectivity index (χ2v) is 4.81. The lowest BCUT2D eigenvalue weighted by Crippen LogP contribution is -2.49. The first-order chi connectivity index (χ1) is 9.97. The third kappa shape index (κ3) is 3.59. The topological polar surface area (TPSA) is 103 Å². The van der Waals surface area contributed by atoms with Crippen LogP contribution in [0.15, 0.2) is 30.3 Å². The van der Waals surface area contributed by atoms with Crippen molar-refractivity contribution >= 4 is 28.6 Å². The fourth-order valence-corrected chi connectivity index (χ4v) is 1.76. The van der Waals surface area contributed by atoms with Crippen molar-refractivity contribution in [1.29, 1.82) is 0 Å². The number of hydrazine groups is 1. The van der Waals surface area contributed by atoms with Crippen LogP contribution in [0.25, 0.3) is 10.9 Å². The molecule has 3 amide bonds. The fourth-order valence-electron chi connectivity index (χ4n) is 1.76. The Balaban J connectivity index is 1.95. The molecule has 0 fully saturated rings. The van der Waals surface area contributed by atoms with E-state index in [1.165, 1.54) is 0 Å². The van der Waals surface area contributed by atoms with Gasteiger partial charge in [0.25, 0.3) is 5.91 Å². The molecule has 4 N–H and O–H groups in total. The first-order valence-electron chi connectivity index (χ1n) is 6.46. The number of fused-ring (bicyclic) bond motifs is 1. The van der Waals surface area contributed by atoms with Crippen molar-refractivity contribution in [2.45, 2.75) is 19.9 Å². The minimum atomic E-state index is -0.923. The summed E-state index contributed by atoms with van der Waals surface area (Å²) in [5.74, 6) is -2.26. The molecule has 0 unspecified atom stereocenters. The normalized spacial score (nSPS) is 10.4. The number of benzene rings is 1. The Labute approximate surface area is 121 Å². The van der Waals surface area contributed by atoms with Gasteiger partial charge in [-0.25, -0.2) is 0 Å². The number of hydrogen-bond donors (Lipinski definition) is 4. The number of para-hydroxylation sites is 1. The van der Waals surface area contributed by atoms with E-state index in [1.807, 2.05) is 24.3 Å². The minimum absolute atomic E-state index is 0.160. The van der Waals surface area contributed by atoms with Crippen LogP contribution >= 0.6 is 0 Å². The van der Waals surface area contributed by atoms with Gasteiger partial charge in [-0.1, -0.05) is 18.2 Å². The molecular formula is C14H16N4O3.